The fourth-order valence-electron chi connectivity index (χ4n) is 2.53. The third-order valence-electron chi connectivity index (χ3n) is 3.46. The zero-order valence-corrected chi connectivity index (χ0v) is 10.1. The van der Waals surface area contributed by atoms with Gasteiger partial charge < -0.3 is 5.73 Å². The minimum absolute atomic E-state index is 0.505. The maximum atomic E-state index is 5.83. The number of hydrogen-bond donors (Lipinski definition) is 1. The van der Waals surface area contributed by atoms with E-state index in [1.54, 1.807) is 4.68 Å². The van der Waals surface area contributed by atoms with Gasteiger partial charge in [-0.25, -0.2) is 0 Å². The Morgan fingerprint density at radius 1 is 1.50 bits per heavy atom. The standard InChI is InChI=1S/C11H21N5/c1-9-4-3-5-11(6-12)16(9)8-10-7-15(2)14-13-10/h7,9,11H,3-6,8,12H2,1-2H3. The number of aryl methyl sites for hydroxylation is 1. The minimum Gasteiger partial charge on any atom is -0.329 e. The Kier molecular flexibility index (Phi) is 3.56. The Bertz CT molecular complexity index is 335. The van der Waals surface area contributed by atoms with Crippen LogP contribution in [0, 0.1) is 0 Å². The molecule has 2 N–H and O–H groups in total. The number of nitrogens with two attached hydrogens (primary N) is 1. The van der Waals surface area contributed by atoms with Crippen LogP contribution in [-0.4, -0.2) is 38.5 Å². The molecule has 16 heavy (non-hydrogen) atoms. The zero-order chi connectivity index (χ0) is 11.5. The van der Waals surface area contributed by atoms with E-state index in [-0.39, 0.29) is 0 Å². The van der Waals surface area contributed by atoms with E-state index < -0.39 is 0 Å². The maximum Gasteiger partial charge on any atom is 0.0967 e. The largest absolute Gasteiger partial charge is 0.329 e. The number of nitrogens with zero attached hydrogens (tertiary/aromatic N) is 4. The molecule has 2 atom stereocenters. The minimum atomic E-state index is 0.505. The second-order valence-electron chi connectivity index (χ2n) is 4.73. The van der Waals surface area contributed by atoms with E-state index in [0.29, 0.717) is 12.1 Å². The van der Waals surface area contributed by atoms with Gasteiger partial charge in [-0.1, -0.05) is 11.6 Å². The Balaban J connectivity index is 2.05. The van der Waals surface area contributed by atoms with Gasteiger partial charge in [-0.2, -0.15) is 0 Å². The van der Waals surface area contributed by atoms with Crippen LogP contribution in [0.15, 0.2) is 6.20 Å². The predicted octanol–water partition coefficient (Wildman–Crippen LogP) is 0.517. The molecule has 1 fully saturated rings. The van der Waals surface area contributed by atoms with Gasteiger partial charge >= 0.3 is 0 Å². The molecule has 1 saturated heterocycles. The van der Waals surface area contributed by atoms with Gasteiger partial charge in [0.05, 0.1) is 5.69 Å². The lowest BCUT2D eigenvalue weighted by Gasteiger charge is -2.39. The summed E-state index contributed by atoms with van der Waals surface area (Å²) >= 11 is 0. The smallest absolute Gasteiger partial charge is 0.0967 e. The normalized spacial score (nSPS) is 27.2. The number of rotatable bonds is 3. The van der Waals surface area contributed by atoms with Crippen LogP contribution in [0.5, 0.6) is 0 Å². The van der Waals surface area contributed by atoms with E-state index >= 15 is 0 Å². The molecule has 0 amide bonds. The van der Waals surface area contributed by atoms with Gasteiger partial charge in [0.2, 0.25) is 0 Å². The van der Waals surface area contributed by atoms with Crippen LogP contribution in [0.2, 0.25) is 0 Å². The topological polar surface area (TPSA) is 60.0 Å². The quantitative estimate of drug-likeness (QED) is 0.811. The first kappa shape index (κ1) is 11.5. The molecule has 0 aromatic carbocycles. The van der Waals surface area contributed by atoms with E-state index in [1.807, 2.05) is 13.2 Å². The second-order valence-corrected chi connectivity index (χ2v) is 4.73. The van der Waals surface area contributed by atoms with Crippen LogP contribution in [-0.2, 0) is 13.6 Å². The lowest BCUT2D eigenvalue weighted by atomic mass is 9.96. The van der Waals surface area contributed by atoms with Crippen LogP contribution in [0.3, 0.4) is 0 Å². The summed E-state index contributed by atoms with van der Waals surface area (Å²) in [7, 11) is 1.90. The van der Waals surface area contributed by atoms with Crippen molar-refractivity contribution in [1.29, 1.82) is 0 Å². The van der Waals surface area contributed by atoms with Crippen LogP contribution in [0.1, 0.15) is 31.9 Å². The Morgan fingerprint density at radius 3 is 2.94 bits per heavy atom. The van der Waals surface area contributed by atoms with Crippen molar-refractivity contribution >= 4 is 0 Å². The van der Waals surface area contributed by atoms with Gasteiger partial charge in [0.1, 0.15) is 0 Å². The van der Waals surface area contributed by atoms with Gasteiger partial charge in [0.15, 0.2) is 0 Å². The highest BCUT2D eigenvalue weighted by Gasteiger charge is 2.27. The van der Waals surface area contributed by atoms with Crippen molar-refractivity contribution < 1.29 is 0 Å². The Labute approximate surface area is 96.6 Å². The third-order valence-corrected chi connectivity index (χ3v) is 3.46. The number of likely N-dealkylation sites (tertiary alicyclic amines) is 1. The second kappa shape index (κ2) is 4.93. The molecular weight excluding hydrogens is 202 g/mol. The predicted molar refractivity (Wildman–Crippen MR) is 62.7 cm³/mol. The highest BCUT2D eigenvalue weighted by atomic mass is 15.4. The summed E-state index contributed by atoms with van der Waals surface area (Å²) in [5.41, 5.74) is 6.87. The lowest BCUT2D eigenvalue weighted by Crippen LogP contribution is -2.48. The average Bonchev–Trinajstić information content (AvgIpc) is 2.67. The molecular formula is C11H21N5. The van der Waals surface area contributed by atoms with Gasteiger partial charge in [-0.15, -0.1) is 5.10 Å². The molecule has 0 bridgehead atoms. The van der Waals surface area contributed by atoms with Crippen molar-refractivity contribution in [3.8, 4) is 0 Å². The Morgan fingerprint density at radius 2 is 2.31 bits per heavy atom. The summed E-state index contributed by atoms with van der Waals surface area (Å²) in [6, 6.07) is 1.11. The SMILES string of the molecule is CC1CCCC(CN)N1Cc1cn(C)nn1. The molecule has 1 aromatic rings. The van der Waals surface area contributed by atoms with E-state index in [1.165, 1.54) is 19.3 Å². The number of piperidine rings is 1. The molecule has 0 aliphatic carbocycles. The first-order chi connectivity index (χ1) is 7.70. The van der Waals surface area contributed by atoms with Crippen molar-refractivity contribution in [2.45, 2.75) is 44.8 Å². The molecule has 1 aliphatic rings. The molecule has 0 radical (unpaired) electrons. The van der Waals surface area contributed by atoms with Crippen molar-refractivity contribution in [2.24, 2.45) is 12.8 Å². The molecule has 2 heterocycles. The molecule has 5 heteroatoms. The number of aromatic nitrogens is 3. The summed E-state index contributed by atoms with van der Waals surface area (Å²) < 4.78 is 1.75. The molecule has 1 aromatic heterocycles. The molecule has 1 aliphatic heterocycles. The molecule has 5 nitrogen and oxygen atoms in total. The van der Waals surface area contributed by atoms with E-state index in [2.05, 4.69) is 22.1 Å². The van der Waals surface area contributed by atoms with Crippen molar-refractivity contribution in [3.63, 3.8) is 0 Å². The summed E-state index contributed by atoms with van der Waals surface area (Å²) in [4.78, 5) is 2.47. The third kappa shape index (κ3) is 2.41. The fraction of sp³-hybridized carbons (Fsp3) is 0.818. The van der Waals surface area contributed by atoms with Crippen molar-refractivity contribution in [3.05, 3.63) is 11.9 Å². The summed E-state index contributed by atoms with van der Waals surface area (Å²) in [5.74, 6) is 0. The fourth-order valence-corrected chi connectivity index (χ4v) is 2.53. The first-order valence-electron chi connectivity index (χ1n) is 6.01. The van der Waals surface area contributed by atoms with Crippen LogP contribution in [0.4, 0.5) is 0 Å². The van der Waals surface area contributed by atoms with Crippen LogP contribution >= 0.6 is 0 Å². The lowest BCUT2D eigenvalue weighted by molar-refractivity contribution is 0.0878. The molecule has 0 saturated carbocycles. The van der Waals surface area contributed by atoms with E-state index in [0.717, 1.165) is 18.8 Å². The molecule has 2 unspecified atom stereocenters. The zero-order valence-electron chi connectivity index (χ0n) is 10.1. The van der Waals surface area contributed by atoms with Crippen molar-refractivity contribution in [2.75, 3.05) is 6.54 Å². The van der Waals surface area contributed by atoms with Crippen LogP contribution in [0.25, 0.3) is 0 Å². The summed E-state index contributed by atoms with van der Waals surface area (Å²) in [6.45, 7) is 3.89. The molecule has 90 valence electrons. The average molecular weight is 223 g/mol. The van der Waals surface area contributed by atoms with Crippen molar-refractivity contribution in [1.82, 2.24) is 19.9 Å². The number of hydrogen-bond acceptors (Lipinski definition) is 4. The van der Waals surface area contributed by atoms with E-state index in [9.17, 15) is 0 Å². The summed E-state index contributed by atoms with van der Waals surface area (Å²) in [6.07, 6.45) is 5.74. The van der Waals surface area contributed by atoms with Gasteiger partial charge in [-0.05, 0) is 19.8 Å². The van der Waals surface area contributed by atoms with Gasteiger partial charge in [0, 0.05) is 38.4 Å². The molecule has 0 spiro atoms. The van der Waals surface area contributed by atoms with Gasteiger partial charge in [0.25, 0.3) is 0 Å². The molecule has 2 rings (SSSR count). The highest BCUT2D eigenvalue weighted by Crippen LogP contribution is 2.23. The monoisotopic (exact) mass is 223 g/mol. The highest BCUT2D eigenvalue weighted by molar-refractivity contribution is 4.95. The maximum absolute atomic E-state index is 5.83. The Hall–Kier alpha value is -0.940. The summed E-state index contributed by atoms with van der Waals surface area (Å²) in [5, 5.41) is 8.11. The first-order valence-corrected chi connectivity index (χ1v) is 6.01. The van der Waals surface area contributed by atoms with Crippen LogP contribution < -0.4 is 5.73 Å². The van der Waals surface area contributed by atoms with E-state index in [4.69, 9.17) is 5.73 Å². The van der Waals surface area contributed by atoms with Gasteiger partial charge in [-0.3, -0.25) is 9.58 Å².